The molecule has 0 spiro atoms. The summed E-state index contributed by atoms with van der Waals surface area (Å²) < 4.78 is 2.33. The van der Waals surface area contributed by atoms with Gasteiger partial charge in [0.25, 0.3) is 0 Å². The molecule has 0 unspecified atom stereocenters. The molecule has 0 saturated heterocycles. The molecule has 8 aromatic carbocycles. The topological polar surface area (TPSA) is 43.6 Å². The average Bonchev–Trinajstić information content (AvgIpc) is 3.60. The van der Waals surface area contributed by atoms with Crippen molar-refractivity contribution in [2.75, 3.05) is 0 Å². The molecule has 0 fully saturated rings. The minimum atomic E-state index is 0.100. The highest BCUT2D eigenvalue weighted by Gasteiger charge is 2.18. The Labute approximate surface area is 332 Å². The van der Waals surface area contributed by atoms with Crippen molar-refractivity contribution in [3.05, 3.63) is 194 Å². The zero-order chi connectivity index (χ0) is 38.5. The van der Waals surface area contributed by atoms with E-state index in [4.69, 9.17) is 15.0 Å². The van der Waals surface area contributed by atoms with E-state index in [1.807, 2.05) is 18.2 Å². The molecule has 0 radical (unpaired) electrons. The molecule has 10 rings (SSSR count). The van der Waals surface area contributed by atoms with Crippen LogP contribution in [0.2, 0.25) is 0 Å². The van der Waals surface area contributed by atoms with E-state index in [0.717, 1.165) is 39.0 Å². The summed E-state index contributed by atoms with van der Waals surface area (Å²) >= 11 is 0. The van der Waals surface area contributed by atoms with Crippen molar-refractivity contribution in [3.63, 3.8) is 0 Å². The second-order valence-electron chi connectivity index (χ2n) is 15.7. The zero-order valence-electron chi connectivity index (χ0n) is 32.2. The van der Waals surface area contributed by atoms with Crippen LogP contribution < -0.4 is 0 Å². The van der Waals surface area contributed by atoms with Crippen LogP contribution in [0.15, 0.2) is 188 Å². The summed E-state index contributed by atoms with van der Waals surface area (Å²) in [6, 6.07) is 66.7. The van der Waals surface area contributed by atoms with E-state index in [0.29, 0.717) is 17.5 Å². The Bertz CT molecular complexity index is 3020. The summed E-state index contributed by atoms with van der Waals surface area (Å²) in [5.74, 6) is 1.89. The van der Waals surface area contributed by atoms with E-state index in [2.05, 4.69) is 195 Å². The largest absolute Gasteiger partial charge is 0.309 e. The second-order valence-corrected chi connectivity index (χ2v) is 15.7. The van der Waals surface area contributed by atoms with E-state index < -0.39 is 0 Å². The van der Waals surface area contributed by atoms with Crippen LogP contribution in [-0.4, -0.2) is 19.5 Å². The molecule has 0 N–H and O–H groups in total. The van der Waals surface area contributed by atoms with Crippen molar-refractivity contribution in [1.29, 1.82) is 0 Å². The Morgan fingerprint density at radius 3 is 1.42 bits per heavy atom. The Morgan fingerprint density at radius 2 is 0.842 bits per heavy atom. The van der Waals surface area contributed by atoms with Gasteiger partial charge in [0.05, 0.1) is 11.0 Å². The third kappa shape index (κ3) is 6.26. The molecular weight excluding hydrogens is 693 g/mol. The first-order valence-electron chi connectivity index (χ1n) is 19.5. The normalized spacial score (nSPS) is 11.8. The molecule has 10 aromatic rings. The van der Waals surface area contributed by atoms with Gasteiger partial charge in [-0.05, 0) is 68.3 Å². The lowest BCUT2D eigenvalue weighted by atomic mass is 9.85. The first-order valence-corrected chi connectivity index (χ1v) is 19.5. The highest BCUT2D eigenvalue weighted by molar-refractivity contribution is 6.09. The summed E-state index contributed by atoms with van der Waals surface area (Å²) in [6.07, 6.45) is 0. The van der Waals surface area contributed by atoms with Gasteiger partial charge in [0.15, 0.2) is 17.5 Å². The van der Waals surface area contributed by atoms with Crippen molar-refractivity contribution in [2.24, 2.45) is 0 Å². The predicted molar refractivity (Wildman–Crippen MR) is 238 cm³/mol. The molecule has 0 saturated carbocycles. The van der Waals surface area contributed by atoms with Crippen LogP contribution in [0, 0.1) is 0 Å². The first kappa shape index (κ1) is 34.3. The molecule has 0 atom stereocenters. The molecule has 0 aliphatic rings. The molecule has 0 aliphatic carbocycles. The van der Waals surface area contributed by atoms with E-state index in [1.165, 1.54) is 43.8 Å². The van der Waals surface area contributed by atoms with Gasteiger partial charge in [-0.3, -0.25) is 0 Å². The Hall–Kier alpha value is -7.17. The fraction of sp³-hybridized carbons (Fsp3) is 0.0755. The molecule has 0 bridgehead atoms. The van der Waals surface area contributed by atoms with Crippen molar-refractivity contribution >= 4 is 32.6 Å². The molecule has 57 heavy (non-hydrogen) atoms. The average molecular weight is 733 g/mol. The molecule has 0 aliphatic heterocycles. The van der Waals surface area contributed by atoms with Gasteiger partial charge in [0.2, 0.25) is 0 Å². The van der Waals surface area contributed by atoms with Gasteiger partial charge >= 0.3 is 0 Å². The molecular formula is C53H40N4. The van der Waals surface area contributed by atoms with Crippen LogP contribution in [0.25, 0.3) is 94.7 Å². The van der Waals surface area contributed by atoms with Gasteiger partial charge in [-0.2, -0.15) is 0 Å². The summed E-state index contributed by atoms with van der Waals surface area (Å²) in [5, 5.41) is 4.91. The second kappa shape index (κ2) is 13.8. The van der Waals surface area contributed by atoms with Crippen LogP contribution >= 0.6 is 0 Å². The fourth-order valence-corrected chi connectivity index (χ4v) is 8.11. The van der Waals surface area contributed by atoms with Gasteiger partial charge < -0.3 is 4.57 Å². The summed E-state index contributed by atoms with van der Waals surface area (Å²) in [4.78, 5) is 15.3. The maximum absolute atomic E-state index is 5.15. The van der Waals surface area contributed by atoms with E-state index in [-0.39, 0.29) is 5.41 Å². The standard InChI is InChI=1S/C53H40N4/c1-53(2,3)41-32-30-36(31-33-41)44-23-13-17-37-16-12-22-43(49(37)44)35-26-28-39(29-27-35)51-54-50(38-14-5-4-6-15-38)55-52(56-51)40-18-11-19-42(34-40)57-47-24-9-7-20-45(47)46-21-8-10-25-48(46)57/h4-34H,1-3H3. The third-order valence-corrected chi connectivity index (χ3v) is 11.0. The zero-order valence-corrected chi connectivity index (χ0v) is 32.2. The number of benzene rings is 8. The number of fused-ring (bicyclic) bond motifs is 4. The van der Waals surface area contributed by atoms with Crippen molar-refractivity contribution in [3.8, 4) is 62.1 Å². The number of aromatic nitrogens is 4. The molecule has 4 heteroatoms. The molecule has 2 aromatic heterocycles. The van der Waals surface area contributed by atoms with Crippen LogP contribution in [-0.2, 0) is 5.41 Å². The van der Waals surface area contributed by atoms with Crippen molar-refractivity contribution in [2.45, 2.75) is 26.2 Å². The lowest BCUT2D eigenvalue weighted by Gasteiger charge is -2.19. The highest BCUT2D eigenvalue weighted by atomic mass is 15.0. The van der Waals surface area contributed by atoms with Gasteiger partial charge in [0, 0.05) is 33.2 Å². The highest BCUT2D eigenvalue weighted by Crippen LogP contribution is 2.38. The molecule has 0 amide bonds. The number of rotatable bonds is 6. The number of hydrogen-bond acceptors (Lipinski definition) is 3. The minimum absolute atomic E-state index is 0.100. The van der Waals surface area contributed by atoms with Crippen molar-refractivity contribution in [1.82, 2.24) is 19.5 Å². The van der Waals surface area contributed by atoms with Crippen LogP contribution in [0.3, 0.4) is 0 Å². The maximum Gasteiger partial charge on any atom is 0.164 e. The number of para-hydroxylation sites is 2. The smallest absolute Gasteiger partial charge is 0.164 e. The van der Waals surface area contributed by atoms with Crippen molar-refractivity contribution < 1.29 is 0 Å². The molecule has 2 heterocycles. The first-order chi connectivity index (χ1) is 27.9. The van der Waals surface area contributed by atoms with E-state index >= 15 is 0 Å². The predicted octanol–water partition coefficient (Wildman–Crippen LogP) is 13.8. The van der Waals surface area contributed by atoms with Crippen LogP contribution in [0.4, 0.5) is 0 Å². The summed E-state index contributed by atoms with van der Waals surface area (Å²) in [5.41, 5.74) is 12.4. The summed E-state index contributed by atoms with van der Waals surface area (Å²) in [7, 11) is 0. The van der Waals surface area contributed by atoms with Gasteiger partial charge in [-0.25, -0.2) is 15.0 Å². The quantitative estimate of drug-likeness (QED) is 0.171. The molecule has 4 nitrogen and oxygen atoms in total. The Morgan fingerprint density at radius 1 is 0.386 bits per heavy atom. The Kier molecular flexibility index (Phi) is 8.34. The SMILES string of the molecule is CC(C)(C)c1ccc(-c2cccc3cccc(-c4ccc(-c5nc(-c6ccccc6)nc(-c6cccc(-n7c8ccccc8c8ccccc87)c6)n5)cc4)c23)cc1. The monoisotopic (exact) mass is 732 g/mol. The maximum atomic E-state index is 5.15. The number of nitrogens with zero attached hydrogens (tertiary/aromatic N) is 4. The van der Waals surface area contributed by atoms with Gasteiger partial charge in [-0.15, -0.1) is 0 Å². The van der Waals surface area contributed by atoms with Gasteiger partial charge in [0.1, 0.15) is 0 Å². The number of hydrogen-bond donors (Lipinski definition) is 0. The van der Waals surface area contributed by atoms with E-state index in [1.54, 1.807) is 0 Å². The molecule has 272 valence electrons. The third-order valence-electron chi connectivity index (χ3n) is 11.0. The minimum Gasteiger partial charge on any atom is -0.309 e. The van der Waals surface area contributed by atoms with Crippen LogP contribution in [0.5, 0.6) is 0 Å². The summed E-state index contributed by atoms with van der Waals surface area (Å²) in [6.45, 7) is 6.77. The van der Waals surface area contributed by atoms with E-state index in [9.17, 15) is 0 Å². The van der Waals surface area contributed by atoms with Gasteiger partial charge in [-0.1, -0.05) is 185 Å². The van der Waals surface area contributed by atoms with Crippen LogP contribution in [0.1, 0.15) is 26.3 Å². The lowest BCUT2D eigenvalue weighted by Crippen LogP contribution is -2.10. The Balaban J connectivity index is 1.07. The fourth-order valence-electron chi connectivity index (χ4n) is 8.11. The lowest BCUT2D eigenvalue weighted by molar-refractivity contribution is 0.590.